The molecule has 1 fully saturated rings. The second-order valence-corrected chi connectivity index (χ2v) is 7.25. The molecule has 1 saturated heterocycles. The van der Waals surface area contributed by atoms with Gasteiger partial charge in [-0.25, -0.2) is 13.4 Å². The molecule has 0 aliphatic carbocycles. The number of sulfonamides is 1. The number of ether oxygens (including phenoxy) is 2. The molecule has 2 heterocycles. The highest BCUT2D eigenvalue weighted by Crippen LogP contribution is 2.21. The number of methoxy groups -OCH3 is 1. The van der Waals surface area contributed by atoms with Crippen LogP contribution < -0.4 is 0 Å². The van der Waals surface area contributed by atoms with Crippen LogP contribution in [0.5, 0.6) is 0 Å². The standard InChI is InChI=1S/C15H21N3O4S/c1-21-9-2-10-22-14-5-7-18(8-6-14)23(19,20)15-4-3-13(11-16)17-12-15/h3-4,12,14H,2,5-10H2,1H3. The molecule has 1 aromatic rings. The minimum Gasteiger partial charge on any atom is -0.385 e. The summed E-state index contributed by atoms with van der Waals surface area (Å²) in [6, 6.07) is 4.71. The van der Waals surface area contributed by atoms with E-state index >= 15 is 0 Å². The maximum absolute atomic E-state index is 12.5. The van der Waals surface area contributed by atoms with Crippen LogP contribution in [-0.2, 0) is 19.5 Å². The van der Waals surface area contributed by atoms with E-state index in [4.69, 9.17) is 14.7 Å². The minimum absolute atomic E-state index is 0.0948. The van der Waals surface area contributed by atoms with Crippen LogP contribution >= 0.6 is 0 Å². The van der Waals surface area contributed by atoms with Gasteiger partial charge in [-0.3, -0.25) is 0 Å². The number of rotatable bonds is 7. The largest absolute Gasteiger partial charge is 0.385 e. The molecular weight excluding hydrogens is 318 g/mol. The van der Waals surface area contributed by atoms with Gasteiger partial charge in [-0.05, 0) is 31.4 Å². The number of nitriles is 1. The molecule has 8 heteroatoms. The Balaban J connectivity index is 1.89. The van der Waals surface area contributed by atoms with Crippen molar-refractivity contribution in [3.8, 4) is 6.07 Å². The molecule has 1 aliphatic heterocycles. The van der Waals surface area contributed by atoms with E-state index in [0.717, 1.165) is 6.42 Å². The zero-order chi connectivity index (χ0) is 16.7. The third-order valence-corrected chi connectivity index (χ3v) is 5.62. The SMILES string of the molecule is COCCCOC1CCN(S(=O)(=O)c2ccc(C#N)nc2)CC1. The highest BCUT2D eigenvalue weighted by molar-refractivity contribution is 7.89. The van der Waals surface area contributed by atoms with Crippen molar-refractivity contribution in [3.05, 3.63) is 24.0 Å². The van der Waals surface area contributed by atoms with E-state index in [9.17, 15) is 8.42 Å². The summed E-state index contributed by atoms with van der Waals surface area (Å²) in [6.45, 7) is 2.15. The summed E-state index contributed by atoms with van der Waals surface area (Å²) >= 11 is 0. The molecular formula is C15H21N3O4S. The van der Waals surface area contributed by atoms with Crippen molar-refractivity contribution in [3.63, 3.8) is 0 Å². The molecule has 2 rings (SSSR count). The molecule has 0 radical (unpaired) electrons. The lowest BCUT2D eigenvalue weighted by molar-refractivity contribution is 0.0121. The van der Waals surface area contributed by atoms with Crippen molar-refractivity contribution in [2.45, 2.75) is 30.3 Å². The summed E-state index contributed by atoms with van der Waals surface area (Å²) in [5.41, 5.74) is 0.201. The van der Waals surface area contributed by atoms with E-state index in [2.05, 4.69) is 4.98 Å². The summed E-state index contributed by atoms with van der Waals surface area (Å²) in [5.74, 6) is 0. The van der Waals surface area contributed by atoms with Crippen LogP contribution in [0.1, 0.15) is 25.0 Å². The zero-order valence-corrected chi connectivity index (χ0v) is 14.0. The van der Waals surface area contributed by atoms with Gasteiger partial charge >= 0.3 is 0 Å². The Morgan fingerprint density at radius 2 is 2.09 bits per heavy atom. The Bertz CT molecular complexity index is 632. The normalized spacial score (nSPS) is 17.0. The minimum atomic E-state index is -3.55. The molecule has 0 N–H and O–H groups in total. The highest BCUT2D eigenvalue weighted by atomic mass is 32.2. The van der Waals surface area contributed by atoms with E-state index in [-0.39, 0.29) is 16.7 Å². The van der Waals surface area contributed by atoms with Crippen LogP contribution in [-0.4, -0.2) is 57.2 Å². The van der Waals surface area contributed by atoms with Gasteiger partial charge in [0, 0.05) is 39.6 Å². The van der Waals surface area contributed by atoms with Gasteiger partial charge in [0.05, 0.1) is 6.10 Å². The Hall–Kier alpha value is -1.53. The van der Waals surface area contributed by atoms with Crippen LogP contribution in [0.3, 0.4) is 0 Å². The Morgan fingerprint density at radius 1 is 1.35 bits per heavy atom. The van der Waals surface area contributed by atoms with Gasteiger partial charge in [0.15, 0.2) is 0 Å². The fourth-order valence-corrected chi connectivity index (χ4v) is 3.86. The summed E-state index contributed by atoms with van der Waals surface area (Å²) in [4.78, 5) is 3.95. The quantitative estimate of drug-likeness (QED) is 0.692. The average Bonchev–Trinajstić information content (AvgIpc) is 2.59. The fourth-order valence-electron chi connectivity index (χ4n) is 2.44. The summed E-state index contributed by atoms with van der Waals surface area (Å²) in [7, 11) is -1.90. The van der Waals surface area contributed by atoms with E-state index < -0.39 is 10.0 Å². The molecule has 0 amide bonds. The number of nitrogens with zero attached hydrogens (tertiary/aromatic N) is 3. The highest BCUT2D eigenvalue weighted by Gasteiger charge is 2.29. The van der Waals surface area contributed by atoms with E-state index in [1.54, 1.807) is 7.11 Å². The lowest BCUT2D eigenvalue weighted by Crippen LogP contribution is -2.41. The first kappa shape index (κ1) is 17.8. The summed E-state index contributed by atoms with van der Waals surface area (Å²) in [6.07, 6.45) is 3.52. The van der Waals surface area contributed by atoms with Gasteiger partial charge < -0.3 is 9.47 Å². The first-order chi connectivity index (χ1) is 11.1. The fraction of sp³-hybridized carbons (Fsp3) is 0.600. The second-order valence-electron chi connectivity index (χ2n) is 5.31. The number of pyridine rings is 1. The van der Waals surface area contributed by atoms with E-state index in [1.165, 1.54) is 22.6 Å². The molecule has 0 atom stereocenters. The first-order valence-electron chi connectivity index (χ1n) is 7.55. The third-order valence-electron chi connectivity index (χ3n) is 3.74. The van der Waals surface area contributed by atoms with Crippen molar-refractivity contribution < 1.29 is 17.9 Å². The number of aromatic nitrogens is 1. The van der Waals surface area contributed by atoms with Crippen LogP contribution in [0.4, 0.5) is 0 Å². The molecule has 7 nitrogen and oxygen atoms in total. The monoisotopic (exact) mass is 339 g/mol. The van der Waals surface area contributed by atoms with Crippen LogP contribution in [0.2, 0.25) is 0 Å². The average molecular weight is 339 g/mol. The van der Waals surface area contributed by atoms with Crippen molar-refractivity contribution in [1.82, 2.24) is 9.29 Å². The van der Waals surface area contributed by atoms with Gasteiger partial charge in [-0.1, -0.05) is 0 Å². The number of piperidine rings is 1. The summed E-state index contributed by atoms with van der Waals surface area (Å²) < 4.78 is 37.2. The first-order valence-corrected chi connectivity index (χ1v) is 8.99. The van der Waals surface area contributed by atoms with Crippen LogP contribution in [0.25, 0.3) is 0 Å². The van der Waals surface area contributed by atoms with Crippen molar-refractivity contribution >= 4 is 10.0 Å². The van der Waals surface area contributed by atoms with Crippen LogP contribution in [0.15, 0.2) is 23.2 Å². The molecule has 0 bridgehead atoms. The molecule has 1 aliphatic rings. The zero-order valence-electron chi connectivity index (χ0n) is 13.1. The molecule has 0 aromatic carbocycles. The van der Waals surface area contributed by atoms with Gasteiger partial charge in [0.1, 0.15) is 16.7 Å². The molecule has 0 unspecified atom stereocenters. The van der Waals surface area contributed by atoms with Gasteiger partial charge in [-0.15, -0.1) is 0 Å². The molecule has 1 aromatic heterocycles. The predicted molar refractivity (Wildman–Crippen MR) is 83.2 cm³/mol. The molecule has 0 spiro atoms. The maximum atomic E-state index is 12.5. The van der Waals surface area contributed by atoms with E-state index in [0.29, 0.717) is 39.1 Å². The summed E-state index contributed by atoms with van der Waals surface area (Å²) in [5, 5.41) is 8.72. The molecule has 0 saturated carbocycles. The van der Waals surface area contributed by atoms with Crippen molar-refractivity contribution in [2.24, 2.45) is 0 Å². The lowest BCUT2D eigenvalue weighted by Gasteiger charge is -2.31. The Labute approximate surface area is 136 Å². The molecule has 23 heavy (non-hydrogen) atoms. The van der Waals surface area contributed by atoms with Crippen molar-refractivity contribution in [2.75, 3.05) is 33.4 Å². The van der Waals surface area contributed by atoms with Crippen LogP contribution in [0, 0.1) is 11.3 Å². The number of hydrogen-bond acceptors (Lipinski definition) is 6. The smallest absolute Gasteiger partial charge is 0.244 e. The van der Waals surface area contributed by atoms with Crippen molar-refractivity contribution in [1.29, 1.82) is 5.26 Å². The topological polar surface area (TPSA) is 92.5 Å². The Morgan fingerprint density at radius 3 is 2.65 bits per heavy atom. The van der Waals surface area contributed by atoms with Gasteiger partial charge in [-0.2, -0.15) is 9.57 Å². The Kier molecular flexibility index (Phi) is 6.47. The number of hydrogen-bond donors (Lipinski definition) is 0. The predicted octanol–water partition coefficient (Wildman–Crippen LogP) is 1.16. The maximum Gasteiger partial charge on any atom is 0.244 e. The van der Waals surface area contributed by atoms with Gasteiger partial charge in [0.2, 0.25) is 10.0 Å². The van der Waals surface area contributed by atoms with Gasteiger partial charge in [0.25, 0.3) is 0 Å². The lowest BCUT2D eigenvalue weighted by atomic mass is 10.1. The second kappa shape index (κ2) is 8.36. The molecule has 126 valence electrons. The van der Waals surface area contributed by atoms with E-state index in [1.807, 2.05) is 6.07 Å². The third kappa shape index (κ3) is 4.72.